The number of rotatable bonds is 9. The number of halogens is 4. The number of aryl methyl sites for hydroxylation is 1. The maximum atomic E-state index is 14.8. The average Bonchev–Trinajstić information content (AvgIpc) is 2.88. The number of anilines is 2. The van der Waals surface area contributed by atoms with Gasteiger partial charge in [-0.25, -0.2) is 27.8 Å². The third kappa shape index (κ3) is 7.53. The van der Waals surface area contributed by atoms with Crippen LogP contribution in [0, 0.1) is 5.82 Å². The molecule has 3 aromatic rings. The van der Waals surface area contributed by atoms with Crippen LogP contribution in [0.1, 0.15) is 44.6 Å². The molecule has 0 bridgehead atoms. The Kier molecular flexibility index (Phi) is 8.60. The lowest BCUT2D eigenvalue weighted by atomic mass is 9.91. The molecule has 1 aliphatic rings. The Morgan fingerprint density at radius 1 is 1.08 bits per heavy atom. The van der Waals surface area contributed by atoms with E-state index in [0.717, 1.165) is 37.3 Å². The zero-order valence-corrected chi connectivity index (χ0v) is 22.8. The van der Waals surface area contributed by atoms with Gasteiger partial charge in [-0.1, -0.05) is 13.0 Å². The smallest absolute Gasteiger partial charge is 0.351 e. The Balaban J connectivity index is 1.52. The summed E-state index contributed by atoms with van der Waals surface area (Å²) < 4.78 is 77.8. The highest BCUT2D eigenvalue weighted by Crippen LogP contribution is 2.29. The van der Waals surface area contributed by atoms with Crippen LogP contribution >= 0.6 is 0 Å². The van der Waals surface area contributed by atoms with E-state index in [1.54, 1.807) is 12.3 Å². The van der Waals surface area contributed by atoms with Crippen LogP contribution in [-0.4, -0.2) is 66.4 Å². The fourth-order valence-electron chi connectivity index (χ4n) is 4.72. The fourth-order valence-corrected chi connectivity index (χ4v) is 5.82. The van der Waals surface area contributed by atoms with Gasteiger partial charge in [0.05, 0.1) is 35.3 Å². The van der Waals surface area contributed by atoms with Gasteiger partial charge in [-0.05, 0) is 70.0 Å². The summed E-state index contributed by atoms with van der Waals surface area (Å²) >= 11 is 0. The van der Waals surface area contributed by atoms with E-state index in [1.165, 1.54) is 12.1 Å². The summed E-state index contributed by atoms with van der Waals surface area (Å²) in [5, 5.41) is 3.44. The van der Waals surface area contributed by atoms with Gasteiger partial charge in [0.25, 0.3) is 0 Å². The van der Waals surface area contributed by atoms with Gasteiger partial charge < -0.3 is 10.2 Å². The normalized spacial score (nSPS) is 18.5. The number of sulfonamides is 1. The van der Waals surface area contributed by atoms with Gasteiger partial charge in [-0.3, -0.25) is 4.72 Å². The van der Waals surface area contributed by atoms with E-state index >= 15 is 0 Å². The van der Waals surface area contributed by atoms with E-state index < -0.39 is 39.9 Å². The topological polar surface area (TPSA) is 100 Å². The molecule has 1 aromatic carbocycles. The predicted octanol–water partition coefficient (Wildman–Crippen LogP) is 5.37. The molecule has 1 aliphatic carbocycles. The first-order valence-electron chi connectivity index (χ1n) is 12.8. The fraction of sp³-hybridized carbons (Fsp3) is 0.500. The number of hydrogen-bond acceptors (Lipinski definition) is 7. The number of aromatic nitrogens is 3. The molecule has 0 unspecified atom stereocenters. The zero-order chi connectivity index (χ0) is 28.4. The first kappa shape index (κ1) is 28.9. The molecule has 0 amide bonds. The molecule has 4 rings (SSSR count). The number of nitrogens with zero attached hydrogens (tertiary/aromatic N) is 4. The molecule has 1 saturated carbocycles. The van der Waals surface area contributed by atoms with Crippen LogP contribution in [0.2, 0.25) is 0 Å². The van der Waals surface area contributed by atoms with Crippen LogP contribution in [0.4, 0.5) is 29.2 Å². The molecule has 0 radical (unpaired) electrons. The maximum absolute atomic E-state index is 14.8. The predicted molar refractivity (Wildman–Crippen MR) is 144 cm³/mol. The van der Waals surface area contributed by atoms with Gasteiger partial charge in [-0.15, -0.1) is 0 Å². The second-order valence-electron chi connectivity index (χ2n) is 10.0. The molecule has 39 heavy (non-hydrogen) atoms. The minimum atomic E-state index is -4.64. The number of benzene rings is 1. The summed E-state index contributed by atoms with van der Waals surface area (Å²) in [6.07, 6.45) is 0.363. The van der Waals surface area contributed by atoms with Crippen LogP contribution in [0.3, 0.4) is 0 Å². The summed E-state index contributed by atoms with van der Waals surface area (Å²) in [6, 6.07) is 6.40. The molecule has 0 aliphatic heterocycles. The van der Waals surface area contributed by atoms with Crippen molar-refractivity contribution in [1.29, 1.82) is 0 Å². The SMILES string of the molecule is CCc1cc(-c2ccc(NS(=O)(=O)CCC(F)(F)F)c(F)c2)nc2cnc(NC3CCC(N(C)C)CC3)nc12. The quantitative estimate of drug-likeness (QED) is 0.335. The highest BCUT2D eigenvalue weighted by Gasteiger charge is 2.30. The van der Waals surface area contributed by atoms with Gasteiger partial charge in [-0.2, -0.15) is 13.2 Å². The van der Waals surface area contributed by atoms with E-state index in [4.69, 9.17) is 4.98 Å². The molecule has 0 atom stereocenters. The number of alkyl halides is 3. The van der Waals surface area contributed by atoms with Crippen molar-refractivity contribution in [2.75, 3.05) is 29.9 Å². The van der Waals surface area contributed by atoms with E-state index in [2.05, 4.69) is 34.3 Å². The number of pyridine rings is 1. The summed E-state index contributed by atoms with van der Waals surface area (Å²) in [5.41, 5.74) is 2.49. The van der Waals surface area contributed by atoms with Crippen molar-refractivity contribution >= 4 is 32.7 Å². The minimum absolute atomic E-state index is 0.295. The minimum Gasteiger partial charge on any atom is -0.351 e. The summed E-state index contributed by atoms with van der Waals surface area (Å²) in [5.74, 6) is -1.59. The summed E-state index contributed by atoms with van der Waals surface area (Å²) in [7, 11) is -0.174. The highest BCUT2D eigenvalue weighted by atomic mass is 32.2. The molecular formula is C26H32F4N6O2S. The van der Waals surface area contributed by atoms with Crippen molar-refractivity contribution in [3.05, 3.63) is 41.8 Å². The first-order valence-corrected chi connectivity index (χ1v) is 14.5. The lowest BCUT2D eigenvalue weighted by Crippen LogP contribution is -2.36. The van der Waals surface area contributed by atoms with Crippen molar-refractivity contribution in [3.8, 4) is 11.3 Å². The van der Waals surface area contributed by atoms with Gasteiger partial charge >= 0.3 is 6.18 Å². The van der Waals surface area contributed by atoms with Crippen LogP contribution in [-0.2, 0) is 16.4 Å². The Hall–Kier alpha value is -3.06. The molecule has 2 N–H and O–H groups in total. The number of hydrogen-bond donors (Lipinski definition) is 2. The van der Waals surface area contributed by atoms with E-state index in [-0.39, 0.29) is 0 Å². The molecule has 8 nitrogen and oxygen atoms in total. The van der Waals surface area contributed by atoms with Crippen LogP contribution in [0.15, 0.2) is 30.5 Å². The number of nitrogens with one attached hydrogen (secondary N) is 2. The monoisotopic (exact) mass is 568 g/mol. The Labute approximate surface area is 225 Å². The van der Waals surface area contributed by atoms with E-state index in [0.29, 0.717) is 46.7 Å². The third-order valence-corrected chi connectivity index (χ3v) is 8.22. The second kappa shape index (κ2) is 11.6. The van der Waals surface area contributed by atoms with Crippen molar-refractivity contribution in [2.24, 2.45) is 0 Å². The van der Waals surface area contributed by atoms with Crippen molar-refractivity contribution < 1.29 is 26.0 Å². The lowest BCUT2D eigenvalue weighted by Gasteiger charge is -2.32. The molecule has 2 aromatic heterocycles. The summed E-state index contributed by atoms with van der Waals surface area (Å²) in [4.78, 5) is 16.0. The lowest BCUT2D eigenvalue weighted by molar-refractivity contribution is -0.129. The van der Waals surface area contributed by atoms with Crippen molar-refractivity contribution in [2.45, 2.75) is 63.7 Å². The molecule has 0 saturated heterocycles. The van der Waals surface area contributed by atoms with Crippen LogP contribution in [0.5, 0.6) is 0 Å². The summed E-state index contributed by atoms with van der Waals surface area (Å²) in [6.45, 7) is 1.97. The van der Waals surface area contributed by atoms with Gasteiger partial charge in [0.15, 0.2) is 0 Å². The van der Waals surface area contributed by atoms with Gasteiger partial charge in [0.2, 0.25) is 16.0 Å². The standard InChI is InChI=1S/C26H32F4N6O2S/c1-4-16-14-22(17-5-10-21(20(27)13-17)35-39(37,38)12-11-26(28,29)30)33-23-15-31-25(34-24(16)23)32-18-6-8-19(9-7-18)36(2)3/h5,10,13-15,18-19,35H,4,6-9,11-12H2,1-3H3,(H,31,32,34). The van der Waals surface area contributed by atoms with Crippen molar-refractivity contribution in [1.82, 2.24) is 19.9 Å². The molecule has 212 valence electrons. The Morgan fingerprint density at radius 2 is 1.79 bits per heavy atom. The Bertz CT molecular complexity index is 1420. The van der Waals surface area contributed by atoms with E-state index in [1.807, 2.05) is 11.6 Å². The van der Waals surface area contributed by atoms with Crippen LogP contribution in [0.25, 0.3) is 22.3 Å². The molecular weight excluding hydrogens is 536 g/mol. The average molecular weight is 569 g/mol. The van der Waals surface area contributed by atoms with Gasteiger partial charge in [0, 0.05) is 17.6 Å². The third-order valence-electron chi connectivity index (χ3n) is 6.95. The molecule has 0 spiro atoms. The maximum Gasteiger partial charge on any atom is 0.390 e. The Morgan fingerprint density at radius 3 is 2.41 bits per heavy atom. The molecule has 13 heteroatoms. The van der Waals surface area contributed by atoms with Gasteiger partial charge in [0.1, 0.15) is 11.3 Å². The molecule has 1 fully saturated rings. The highest BCUT2D eigenvalue weighted by molar-refractivity contribution is 7.92. The van der Waals surface area contributed by atoms with Crippen molar-refractivity contribution in [3.63, 3.8) is 0 Å². The number of fused-ring (bicyclic) bond motifs is 1. The zero-order valence-electron chi connectivity index (χ0n) is 22.0. The van der Waals surface area contributed by atoms with E-state index in [9.17, 15) is 26.0 Å². The first-order chi connectivity index (χ1) is 18.3. The molecule has 2 heterocycles. The second-order valence-corrected chi connectivity index (χ2v) is 11.9. The largest absolute Gasteiger partial charge is 0.390 e. The van der Waals surface area contributed by atoms with Crippen LogP contribution < -0.4 is 10.0 Å².